The number of carbonyl (C=O) groups is 1. The highest BCUT2D eigenvalue weighted by Crippen LogP contribution is 2.26. The number of piperidine rings is 1. The maximum Gasteiger partial charge on any atom is 0.229 e. The van der Waals surface area contributed by atoms with E-state index in [4.69, 9.17) is 11.6 Å². The Balaban J connectivity index is 1.50. The van der Waals surface area contributed by atoms with E-state index in [2.05, 4.69) is 25.3 Å². The van der Waals surface area contributed by atoms with E-state index in [1.807, 2.05) is 55.8 Å². The Morgan fingerprint density at radius 2 is 1.97 bits per heavy atom. The smallest absolute Gasteiger partial charge is 0.229 e. The highest BCUT2D eigenvalue weighted by atomic mass is 35.5. The standard InChI is InChI=1S/C22H25ClN6O/c1-14-10-15(2)29(27-14)21-11-20(24-13-25-21)28-9-5-6-17(12-28)22(30)26-19-8-4-7-18(23)16(19)3/h4,7-8,10-11,13,17H,5-6,9,12H2,1-3H3,(H,26,30). The zero-order valence-electron chi connectivity index (χ0n) is 17.4. The van der Waals surface area contributed by atoms with Gasteiger partial charge in [-0.2, -0.15) is 5.10 Å². The lowest BCUT2D eigenvalue weighted by Crippen LogP contribution is -2.41. The van der Waals surface area contributed by atoms with Crippen molar-refractivity contribution in [2.24, 2.45) is 5.92 Å². The van der Waals surface area contributed by atoms with E-state index < -0.39 is 0 Å². The second kappa shape index (κ2) is 8.44. The van der Waals surface area contributed by atoms with Crippen LogP contribution in [0.2, 0.25) is 5.02 Å². The summed E-state index contributed by atoms with van der Waals surface area (Å²) < 4.78 is 1.82. The third-order valence-electron chi connectivity index (χ3n) is 5.51. The van der Waals surface area contributed by atoms with Gasteiger partial charge < -0.3 is 10.2 Å². The number of aryl methyl sites for hydroxylation is 2. The lowest BCUT2D eigenvalue weighted by molar-refractivity contribution is -0.120. The molecule has 4 rings (SSSR count). The quantitative estimate of drug-likeness (QED) is 0.682. The van der Waals surface area contributed by atoms with E-state index in [0.29, 0.717) is 11.6 Å². The molecule has 1 fully saturated rings. The van der Waals surface area contributed by atoms with Crippen LogP contribution in [0, 0.1) is 26.7 Å². The fourth-order valence-electron chi connectivity index (χ4n) is 3.86. The number of benzene rings is 1. The molecule has 1 N–H and O–H groups in total. The molecule has 1 aliphatic rings. The van der Waals surface area contributed by atoms with Crippen LogP contribution in [0.15, 0.2) is 36.7 Å². The number of halogens is 1. The molecule has 1 aromatic carbocycles. The Morgan fingerprint density at radius 1 is 1.17 bits per heavy atom. The average molecular weight is 425 g/mol. The van der Waals surface area contributed by atoms with Gasteiger partial charge in [0.15, 0.2) is 5.82 Å². The average Bonchev–Trinajstić information content (AvgIpc) is 3.09. The van der Waals surface area contributed by atoms with Gasteiger partial charge in [-0.15, -0.1) is 0 Å². The third-order valence-corrected chi connectivity index (χ3v) is 5.92. The lowest BCUT2D eigenvalue weighted by atomic mass is 9.97. The van der Waals surface area contributed by atoms with Crippen LogP contribution in [-0.2, 0) is 4.79 Å². The molecule has 3 aromatic rings. The predicted octanol–water partition coefficient (Wildman–Crippen LogP) is 4.10. The monoisotopic (exact) mass is 424 g/mol. The Bertz CT molecular complexity index is 1080. The fraction of sp³-hybridized carbons (Fsp3) is 0.364. The van der Waals surface area contributed by atoms with Crippen molar-refractivity contribution in [3.63, 3.8) is 0 Å². The van der Waals surface area contributed by atoms with E-state index in [9.17, 15) is 4.79 Å². The summed E-state index contributed by atoms with van der Waals surface area (Å²) >= 11 is 6.18. The zero-order chi connectivity index (χ0) is 21.3. The van der Waals surface area contributed by atoms with E-state index in [1.165, 1.54) is 0 Å². The third kappa shape index (κ3) is 4.16. The van der Waals surface area contributed by atoms with Gasteiger partial charge in [-0.25, -0.2) is 14.6 Å². The minimum atomic E-state index is -0.121. The van der Waals surface area contributed by atoms with E-state index in [1.54, 1.807) is 6.33 Å². The summed E-state index contributed by atoms with van der Waals surface area (Å²) in [5.74, 6) is 1.43. The molecular weight excluding hydrogens is 400 g/mol. The SMILES string of the molecule is Cc1cc(C)n(-c2cc(N3CCCC(C(=O)Nc4cccc(Cl)c4C)C3)ncn2)n1. The van der Waals surface area contributed by atoms with Gasteiger partial charge in [0, 0.05) is 35.6 Å². The van der Waals surface area contributed by atoms with Crippen molar-refractivity contribution < 1.29 is 4.79 Å². The van der Waals surface area contributed by atoms with Crippen LogP contribution in [0.5, 0.6) is 0 Å². The van der Waals surface area contributed by atoms with Gasteiger partial charge in [0.25, 0.3) is 0 Å². The van der Waals surface area contributed by atoms with Crippen LogP contribution in [0.25, 0.3) is 5.82 Å². The number of nitrogens with one attached hydrogen (secondary N) is 1. The summed E-state index contributed by atoms with van der Waals surface area (Å²) in [6.45, 7) is 7.33. The number of rotatable bonds is 4. The maximum absolute atomic E-state index is 12.9. The molecule has 0 bridgehead atoms. The summed E-state index contributed by atoms with van der Waals surface area (Å²) in [6, 6.07) is 9.50. The highest BCUT2D eigenvalue weighted by molar-refractivity contribution is 6.31. The fourth-order valence-corrected chi connectivity index (χ4v) is 4.04. The van der Waals surface area contributed by atoms with Gasteiger partial charge in [-0.1, -0.05) is 17.7 Å². The molecule has 1 aliphatic heterocycles. The molecule has 0 aliphatic carbocycles. The molecule has 3 heterocycles. The van der Waals surface area contributed by atoms with Gasteiger partial charge in [-0.3, -0.25) is 4.79 Å². The molecule has 7 nitrogen and oxygen atoms in total. The Morgan fingerprint density at radius 3 is 2.73 bits per heavy atom. The summed E-state index contributed by atoms with van der Waals surface area (Å²) in [5.41, 5.74) is 3.60. The van der Waals surface area contributed by atoms with Crippen molar-refractivity contribution in [1.82, 2.24) is 19.7 Å². The number of amides is 1. The van der Waals surface area contributed by atoms with Crippen molar-refractivity contribution >= 4 is 29.0 Å². The summed E-state index contributed by atoms with van der Waals surface area (Å²) in [6.07, 6.45) is 3.32. The number of hydrogen-bond donors (Lipinski definition) is 1. The normalized spacial score (nSPS) is 16.5. The summed E-state index contributed by atoms with van der Waals surface area (Å²) in [4.78, 5) is 23.9. The van der Waals surface area contributed by atoms with E-state index >= 15 is 0 Å². The van der Waals surface area contributed by atoms with Crippen molar-refractivity contribution in [2.75, 3.05) is 23.3 Å². The largest absolute Gasteiger partial charge is 0.356 e. The second-order valence-corrected chi connectivity index (χ2v) is 8.17. The number of anilines is 2. The van der Waals surface area contributed by atoms with Crippen molar-refractivity contribution in [3.8, 4) is 5.82 Å². The summed E-state index contributed by atoms with van der Waals surface area (Å²) in [5, 5.41) is 8.20. The first-order valence-corrected chi connectivity index (χ1v) is 10.5. The topological polar surface area (TPSA) is 75.9 Å². The van der Waals surface area contributed by atoms with Gasteiger partial charge in [0.2, 0.25) is 5.91 Å². The lowest BCUT2D eigenvalue weighted by Gasteiger charge is -2.33. The van der Waals surface area contributed by atoms with Crippen LogP contribution < -0.4 is 10.2 Å². The maximum atomic E-state index is 12.9. The van der Waals surface area contributed by atoms with E-state index in [0.717, 1.165) is 53.7 Å². The molecule has 30 heavy (non-hydrogen) atoms. The molecule has 0 saturated carbocycles. The van der Waals surface area contributed by atoms with Crippen LogP contribution in [0.4, 0.5) is 11.5 Å². The minimum absolute atomic E-state index is 0.0119. The summed E-state index contributed by atoms with van der Waals surface area (Å²) in [7, 11) is 0. The van der Waals surface area contributed by atoms with Crippen molar-refractivity contribution in [3.05, 3.63) is 58.6 Å². The molecule has 1 amide bonds. The van der Waals surface area contributed by atoms with Crippen LogP contribution in [-0.4, -0.2) is 38.7 Å². The van der Waals surface area contributed by atoms with Crippen molar-refractivity contribution in [1.29, 1.82) is 0 Å². The molecule has 0 radical (unpaired) electrons. The van der Waals surface area contributed by atoms with Crippen LogP contribution >= 0.6 is 11.6 Å². The number of carbonyl (C=O) groups excluding carboxylic acids is 1. The Hall–Kier alpha value is -2.93. The highest BCUT2D eigenvalue weighted by Gasteiger charge is 2.27. The number of nitrogens with zero attached hydrogens (tertiary/aromatic N) is 5. The first kappa shape index (κ1) is 20.3. The van der Waals surface area contributed by atoms with Crippen molar-refractivity contribution in [2.45, 2.75) is 33.6 Å². The van der Waals surface area contributed by atoms with Gasteiger partial charge in [0.1, 0.15) is 12.1 Å². The predicted molar refractivity (Wildman–Crippen MR) is 118 cm³/mol. The molecular formula is C22H25ClN6O. The van der Waals surface area contributed by atoms with E-state index in [-0.39, 0.29) is 11.8 Å². The first-order valence-electron chi connectivity index (χ1n) is 10.1. The molecule has 1 atom stereocenters. The Kier molecular flexibility index (Phi) is 5.72. The zero-order valence-corrected chi connectivity index (χ0v) is 18.1. The molecule has 2 aromatic heterocycles. The van der Waals surface area contributed by atoms with Crippen LogP contribution in [0.1, 0.15) is 29.8 Å². The van der Waals surface area contributed by atoms with Crippen LogP contribution in [0.3, 0.4) is 0 Å². The number of aromatic nitrogens is 4. The minimum Gasteiger partial charge on any atom is -0.356 e. The first-order chi connectivity index (χ1) is 14.4. The second-order valence-electron chi connectivity index (χ2n) is 7.76. The molecule has 1 saturated heterocycles. The Labute approximate surface area is 181 Å². The van der Waals surface area contributed by atoms with Gasteiger partial charge in [-0.05, 0) is 57.4 Å². The molecule has 156 valence electrons. The molecule has 0 spiro atoms. The van der Waals surface area contributed by atoms with Gasteiger partial charge >= 0.3 is 0 Å². The van der Waals surface area contributed by atoms with Gasteiger partial charge in [0.05, 0.1) is 11.6 Å². The molecule has 1 unspecified atom stereocenters. The number of hydrogen-bond acceptors (Lipinski definition) is 5. The molecule has 8 heteroatoms.